The predicted molar refractivity (Wildman–Crippen MR) is 101 cm³/mol. The molecule has 1 aromatic heterocycles. The van der Waals surface area contributed by atoms with E-state index in [0.29, 0.717) is 6.54 Å². The summed E-state index contributed by atoms with van der Waals surface area (Å²) in [7, 11) is 0. The highest BCUT2D eigenvalue weighted by molar-refractivity contribution is 5.74. The number of carbonyl (C=O) groups excluding carboxylic acids is 1. The van der Waals surface area contributed by atoms with Crippen molar-refractivity contribution in [3.63, 3.8) is 0 Å². The largest absolute Gasteiger partial charge is 0.371 e. The van der Waals surface area contributed by atoms with Crippen LogP contribution < -0.4 is 10.6 Å². The van der Waals surface area contributed by atoms with Gasteiger partial charge in [0.1, 0.15) is 17.6 Å². The zero-order chi connectivity index (χ0) is 18.6. The first kappa shape index (κ1) is 18.0. The molecule has 2 atom stereocenters. The van der Waals surface area contributed by atoms with E-state index in [1.54, 1.807) is 0 Å². The first-order chi connectivity index (χ1) is 13.2. The van der Waals surface area contributed by atoms with Crippen molar-refractivity contribution in [2.45, 2.75) is 64.1 Å². The number of hydrogen-bond donors (Lipinski definition) is 2. The molecule has 1 saturated heterocycles. The number of urea groups is 1. The fraction of sp³-hybridized carbons (Fsp3) is 0.524. The number of carbonyl (C=O) groups is 1. The van der Waals surface area contributed by atoms with Crippen LogP contribution in [0.3, 0.4) is 0 Å². The Morgan fingerprint density at radius 2 is 2.00 bits per heavy atom. The van der Waals surface area contributed by atoms with E-state index < -0.39 is 0 Å². The quantitative estimate of drug-likeness (QED) is 0.864. The minimum absolute atomic E-state index is 0.0346. The molecule has 2 unspecified atom stereocenters. The molecule has 6 heteroatoms. The third-order valence-corrected chi connectivity index (χ3v) is 5.49. The average molecular weight is 369 g/mol. The predicted octanol–water partition coefficient (Wildman–Crippen LogP) is 3.58. The van der Waals surface area contributed by atoms with Gasteiger partial charge in [-0.3, -0.25) is 0 Å². The lowest BCUT2D eigenvalue weighted by Gasteiger charge is -2.32. The molecule has 0 radical (unpaired) electrons. The van der Waals surface area contributed by atoms with Crippen molar-refractivity contribution in [3.8, 4) is 0 Å². The Hall–Kier alpha value is -2.34. The van der Waals surface area contributed by atoms with Crippen molar-refractivity contribution in [2.75, 3.05) is 6.61 Å². The number of rotatable bonds is 4. The number of ether oxygens (including phenoxy) is 1. The van der Waals surface area contributed by atoms with E-state index in [-0.39, 0.29) is 18.2 Å². The molecular weight excluding hydrogens is 342 g/mol. The second-order valence-corrected chi connectivity index (χ2v) is 7.52. The Labute approximate surface area is 159 Å². The molecule has 1 aliphatic heterocycles. The standard InChI is InChI=1S/C21H27N3O3/c1-14-8-10-15(11-9-14)20-17(6-4-12-26-20)23-21(25)22-13-18-16-5-2-3-7-19(16)27-24-18/h8-11,17,20H,2-7,12-13H2,1H3,(H2,22,23,25). The number of fused-ring (bicyclic) bond motifs is 1. The van der Waals surface area contributed by atoms with Crippen LogP contribution in [0.1, 0.15) is 59.9 Å². The number of nitrogens with zero attached hydrogens (tertiary/aromatic N) is 1. The molecule has 2 amide bonds. The molecular formula is C21H27N3O3. The van der Waals surface area contributed by atoms with Gasteiger partial charge in [-0.1, -0.05) is 35.0 Å². The summed E-state index contributed by atoms with van der Waals surface area (Å²) >= 11 is 0. The van der Waals surface area contributed by atoms with Gasteiger partial charge in [0.15, 0.2) is 0 Å². The fourth-order valence-electron chi connectivity index (χ4n) is 3.98. The first-order valence-corrected chi connectivity index (χ1v) is 9.89. The molecule has 0 bridgehead atoms. The number of nitrogens with one attached hydrogen (secondary N) is 2. The van der Waals surface area contributed by atoms with Gasteiger partial charge >= 0.3 is 6.03 Å². The summed E-state index contributed by atoms with van der Waals surface area (Å²) in [4.78, 5) is 12.5. The third kappa shape index (κ3) is 4.16. The normalized spacial score (nSPS) is 22.1. The molecule has 1 aliphatic carbocycles. The minimum atomic E-state index is -0.185. The van der Waals surface area contributed by atoms with Gasteiger partial charge in [-0.2, -0.15) is 0 Å². The van der Waals surface area contributed by atoms with Crippen LogP contribution in [-0.4, -0.2) is 23.8 Å². The van der Waals surface area contributed by atoms with Gasteiger partial charge < -0.3 is 19.9 Å². The zero-order valence-electron chi connectivity index (χ0n) is 15.8. The fourth-order valence-corrected chi connectivity index (χ4v) is 3.98. The number of amides is 2. The molecule has 2 heterocycles. The van der Waals surface area contributed by atoms with E-state index in [0.717, 1.165) is 62.1 Å². The maximum absolute atomic E-state index is 12.5. The van der Waals surface area contributed by atoms with E-state index in [2.05, 4.69) is 47.0 Å². The maximum Gasteiger partial charge on any atom is 0.315 e. The Balaban J connectivity index is 1.36. The van der Waals surface area contributed by atoms with Crippen LogP contribution in [0.5, 0.6) is 0 Å². The number of aryl methyl sites for hydroxylation is 2. The summed E-state index contributed by atoms with van der Waals surface area (Å²) in [6.45, 7) is 3.19. The van der Waals surface area contributed by atoms with Crippen LogP contribution in [0.4, 0.5) is 4.79 Å². The average Bonchev–Trinajstić information content (AvgIpc) is 3.11. The van der Waals surface area contributed by atoms with E-state index in [4.69, 9.17) is 9.26 Å². The van der Waals surface area contributed by atoms with Gasteiger partial charge in [-0.05, 0) is 44.6 Å². The summed E-state index contributed by atoms with van der Waals surface area (Å²) in [6, 6.07) is 8.11. The van der Waals surface area contributed by atoms with Crippen LogP contribution in [-0.2, 0) is 24.1 Å². The third-order valence-electron chi connectivity index (χ3n) is 5.49. The number of hydrogen-bond acceptors (Lipinski definition) is 4. The Morgan fingerprint density at radius 1 is 1.19 bits per heavy atom. The van der Waals surface area contributed by atoms with Crippen LogP contribution >= 0.6 is 0 Å². The molecule has 2 N–H and O–H groups in total. The highest BCUT2D eigenvalue weighted by Crippen LogP contribution is 2.29. The molecule has 144 valence electrons. The zero-order valence-corrected chi connectivity index (χ0v) is 15.8. The molecule has 0 saturated carbocycles. The lowest BCUT2D eigenvalue weighted by molar-refractivity contribution is -0.00744. The Kier molecular flexibility index (Phi) is 5.43. The maximum atomic E-state index is 12.5. The minimum Gasteiger partial charge on any atom is -0.371 e. The van der Waals surface area contributed by atoms with Crippen molar-refractivity contribution < 1.29 is 14.1 Å². The van der Waals surface area contributed by atoms with Gasteiger partial charge in [0.05, 0.1) is 12.6 Å². The van der Waals surface area contributed by atoms with E-state index >= 15 is 0 Å². The van der Waals surface area contributed by atoms with Crippen molar-refractivity contribution in [3.05, 3.63) is 52.4 Å². The molecule has 2 aliphatic rings. The van der Waals surface area contributed by atoms with Crippen molar-refractivity contribution in [1.29, 1.82) is 0 Å². The van der Waals surface area contributed by atoms with Gasteiger partial charge in [0, 0.05) is 18.6 Å². The summed E-state index contributed by atoms with van der Waals surface area (Å²) in [6.07, 6.45) is 6.00. The topological polar surface area (TPSA) is 76.4 Å². The Bertz CT molecular complexity index is 784. The van der Waals surface area contributed by atoms with E-state index in [1.807, 2.05) is 0 Å². The molecule has 1 aromatic carbocycles. The van der Waals surface area contributed by atoms with Crippen molar-refractivity contribution in [2.24, 2.45) is 0 Å². The summed E-state index contributed by atoms with van der Waals surface area (Å²) < 4.78 is 11.4. The van der Waals surface area contributed by atoms with Gasteiger partial charge in [0.2, 0.25) is 0 Å². The van der Waals surface area contributed by atoms with Gasteiger partial charge in [-0.25, -0.2) is 4.79 Å². The van der Waals surface area contributed by atoms with Crippen LogP contribution in [0.15, 0.2) is 28.8 Å². The van der Waals surface area contributed by atoms with Crippen molar-refractivity contribution >= 4 is 6.03 Å². The van der Waals surface area contributed by atoms with Crippen molar-refractivity contribution in [1.82, 2.24) is 15.8 Å². The summed E-state index contributed by atoms with van der Waals surface area (Å²) in [5, 5.41) is 10.2. The second kappa shape index (κ2) is 8.13. The summed E-state index contributed by atoms with van der Waals surface area (Å²) in [5.41, 5.74) is 4.36. The molecule has 27 heavy (non-hydrogen) atoms. The molecule has 1 fully saturated rings. The molecule has 6 nitrogen and oxygen atoms in total. The first-order valence-electron chi connectivity index (χ1n) is 9.89. The van der Waals surface area contributed by atoms with Gasteiger partial charge in [-0.15, -0.1) is 0 Å². The molecule has 0 spiro atoms. The number of aromatic nitrogens is 1. The van der Waals surface area contributed by atoms with E-state index in [1.165, 1.54) is 11.1 Å². The van der Waals surface area contributed by atoms with E-state index in [9.17, 15) is 4.79 Å². The SMILES string of the molecule is Cc1ccc(C2OCCCC2NC(=O)NCc2noc3c2CCCC3)cc1. The smallest absolute Gasteiger partial charge is 0.315 e. The highest BCUT2D eigenvalue weighted by atomic mass is 16.5. The lowest BCUT2D eigenvalue weighted by atomic mass is 9.95. The van der Waals surface area contributed by atoms with Crippen LogP contribution in [0.25, 0.3) is 0 Å². The van der Waals surface area contributed by atoms with Gasteiger partial charge in [0.25, 0.3) is 0 Å². The Morgan fingerprint density at radius 3 is 2.85 bits per heavy atom. The molecule has 4 rings (SSSR count). The monoisotopic (exact) mass is 369 g/mol. The highest BCUT2D eigenvalue weighted by Gasteiger charge is 2.29. The lowest BCUT2D eigenvalue weighted by Crippen LogP contribution is -2.47. The second-order valence-electron chi connectivity index (χ2n) is 7.52. The van der Waals surface area contributed by atoms with Crippen LogP contribution in [0.2, 0.25) is 0 Å². The summed E-state index contributed by atoms with van der Waals surface area (Å²) in [5.74, 6) is 0.985. The number of benzene rings is 1. The van der Waals surface area contributed by atoms with Crippen LogP contribution in [0, 0.1) is 6.92 Å². The molecule has 2 aromatic rings.